The molecule has 0 radical (unpaired) electrons. The second kappa shape index (κ2) is 5.26. The third kappa shape index (κ3) is 2.82. The summed E-state index contributed by atoms with van der Waals surface area (Å²) in [6, 6.07) is 1.30. The fraction of sp³-hybridized carbons (Fsp3) is 0.273. The lowest BCUT2D eigenvalue weighted by atomic mass is 10.2. The second-order valence-electron chi connectivity index (χ2n) is 3.66. The molecule has 0 bridgehead atoms. The lowest BCUT2D eigenvalue weighted by Crippen LogP contribution is -2.30. The number of aromatic nitrogens is 3. The van der Waals surface area contributed by atoms with Gasteiger partial charge in [-0.05, 0) is 0 Å². The number of rotatable bonds is 4. The number of hydrogen-bond donors (Lipinski definition) is 2. The molecule has 0 spiro atoms. The molecule has 7 nitrogen and oxygen atoms in total. The van der Waals surface area contributed by atoms with Gasteiger partial charge >= 0.3 is 0 Å². The van der Waals surface area contributed by atoms with E-state index in [4.69, 9.17) is 4.52 Å². The molecule has 7 heteroatoms. The van der Waals surface area contributed by atoms with Gasteiger partial charge in [0.15, 0.2) is 11.3 Å². The van der Waals surface area contributed by atoms with Crippen molar-refractivity contribution in [1.29, 1.82) is 0 Å². The maximum Gasteiger partial charge on any atom is 0.256 e. The van der Waals surface area contributed by atoms with Gasteiger partial charge in [0.25, 0.3) is 5.91 Å². The summed E-state index contributed by atoms with van der Waals surface area (Å²) in [4.78, 5) is 29.7. The lowest BCUT2D eigenvalue weighted by molar-refractivity contribution is 0.0952. The van der Waals surface area contributed by atoms with Gasteiger partial charge in [0.2, 0.25) is 5.89 Å². The Morgan fingerprint density at radius 2 is 2.39 bits per heavy atom. The number of amides is 1. The number of H-pyrrole nitrogens is 1. The van der Waals surface area contributed by atoms with Crippen LogP contribution in [0, 0.1) is 6.92 Å². The van der Waals surface area contributed by atoms with Gasteiger partial charge in [0.1, 0.15) is 5.56 Å². The first-order valence-electron chi connectivity index (χ1n) is 5.41. The minimum absolute atomic E-state index is 0.0850. The maximum atomic E-state index is 11.7. The van der Waals surface area contributed by atoms with Crippen LogP contribution < -0.4 is 10.7 Å². The van der Waals surface area contributed by atoms with Crippen LogP contribution in [-0.2, 0) is 6.42 Å². The van der Waals surface area contributed by atoms with Crippen molar-refractivity contribution in [1.82, 2.24) is 20.4 Å². The van der Waals surface area contributed by atoms with Gasteiger partial charge in [-0.2, -0.15) is 4.98 Å². The van der Waals surface area contributed by atoms with Crippen molar-refractivity contribution < 1.29 is 9.32 Å². The molecule has 0 fully saturated rings. The fourth-order valence-electron chi connectivity index (χ4n) is 1.42. The van der Waals surface area contributed by atoms with Crippen molar-refractivity contribution >= 4 is 5.91 Å². The summed E-state index contributed by atoms with van der Waals surface area (Å²) in [7, 11) is 0. The quantitative estimate of drug-likeness (QED) is 0.795. The molecule has 18 heavy (non-hydrogen) atoms. The van der Waals surface area contributed by atoms with Crippen LogP contribution >= 0.6 is 0 Å². The van der Waals surface area contributed by atoms with E-state index < -0.39 is 5.91 Å². The molecule has 2 heterocycles. The average molecular weight is 248 g/mol. The van der Waals surface area contributed by atoms with Gasteiger partial charge in [0, 0.05) is 38.3 Å². The van der Waals surface area contributed by atoms with E-state index >= 15 is 0 Å². The maximum absolute atomic E-state index is 11.7. The van der Waals surface area contributed by atoms with E-state index in [2.05, 4.69) is 20.4 Å². The Morgan fingerprint density at radius 3 is 3.06 bits per heavy atom. The highest BCUT2D eigenvalue weighted by Crippen LogP contribution is 1.95. The molecule has 0 aromatic carbocycles. The van der Waals surface area contributed by atoms with E-state index in [1.807, 2.05) is 0 Å². The van der Waals surface area contributed by atoms with Gasteiger partial charge in [0.05, 0.1) is 0 Å². The highest BCUT2D eigenvalue weighted by atomic mass is 16.5. The van der Waals surface area contributed by atoms with Crippen LogP contribution in [0.4, 0.5) is 0 Å². The number of nitrogens with one attached hydrogen (secondary N) is 2. The van der Waals surface area contributed by atoms with Crippen LogP contribution in [0.2, 0.25) is 0 Å². The number of aryl methyl sites for hydroxylation is 1. The molecule has 94 valence electrons. The molecule has 0 aliphatic carbocycles. The summed E-state index contributed by atoms with van der Waals surface area (Å²) in [5.74, 6) is 0.586. The predicted molar refractivity (Wildman–Crippen MR) is 62.1 cm³/mol. The molecular formula is C11H12N4O3. The Balaban J connectivity index is 1.89. The first-order chi connectivity index (χ1) is 8.66. The van der Waals surface area contributed by atoms with Crippen molar-refractivity contribution in [3.63, 3.8) is 0 Å². The monoisotopic (exact) mass is 248 g/mol. The molecule has 2 N–H and O–H groups in total. The Bertz CT molecular complexity index is 602. The first-order valence-corrected chi connectivity index (χ1v) is 5.41. The smallest absolute Gasteiger partial charge is 0.256 e. The Labute approximate surface area is 102 Å². The van der Waals surface area contributed by atoms with Gasteiger partial charge in [-0.15, -0.1) is 0 Å². The fourth-order valence-corrected chi connectivity index (χ4v) is 1.42. The summed E-state index contributed by atoms with van der Waals surface area (Å²) in [6.07, 6.45) is 3.30. The van der Waals surface area contributed by atoms with Crippen LogP contribution in [0.25, 0.3) is 0 Å². The zero-order valence-electron chi connectivity index (χ0n) is 9.77. The summed E-state index contributed by atoms with van der Waals surface area (Å²) in [6.45, 7) is 2.03. The minimum Gasteiger partial charge on any atom is -0.367 e. The van der Waals surface area contributed by atoms with Crippen LogP contribution in [0.5, 0.6) is 0 Å². The minimum atomic E-state index is -0.419. The summed E-state index contributed by atoms with van der Waals surface area (Å²) >= 11 is 0. The number of pyridine rings is 1. The molecule has 2 aromatic heterocycles. The Kier molecular flexibility index (Phi) is 3.52. The molecule has 2 rings (SSSR count). The van der Waals surface area contributed by atoms with Gasteiger partial charge in [-0.3, -0.25) is 9.59 Å². The van der Waals surface area contributed by atoms with E-state index in [9.17, 15) is 9.59 Å². The van der Waals surface area contributed by atoms with Crippen molar-refractivity contribution in [2.45, 2.75) is 13.3 Å². The number of carbonyl (C=O) groups excluding carboxylic acids is 1. The normalized spacial score (nSPS) is 10.3. The highest BCUT2D eigenvalue weighted by molar-refractivity contribution is 5.93. The summed E-state index contributed by atoms with van der Waals surface area (Å²) in [5, 5.41) is 6.31. The van der Waals surface area contributed by atoms with Crippen molar-refractivity contribution in [3.8, 4) is 0 Å². The van der Waals surface area contributed by atoms with E-state index in [-0.39, 0.29) is 11.0 Å². The van der Waals surface area contributed by atoms with Crippen LogP contribution in [-0.4, -0.2) is 27.6 Å². The molecule has 2 aromatic rings. The van der Waals surface area contributed by atoms with E-state index in [1.165, 1.54) is 18.5 Å². The average Bonchev–Trinajstić information content (AvgIpc) is 2.75. The molecule has 0 atom stereocenters. The largest absolute Gasteiger partial charge is 0.367 e. The Morgan fingerprint density at radius 1 is 1.56 bits per heavy atom. The molecule has 0 saturated heterocycles. The molecule has 0 aliphatic rings. The van der Waals surface area contributed by atoms with Gasteiger partial charge in [-0.1, -0.05) is 5.16 Å². The standard InChI is InChI=1S/C11H12N4O3/c1-7-14-10(15-18-7)3-5-13-11(17)8-6-12-4-2-9(8)16/h2,4,6H,3,5H2,1H3,(H,12,16)(H,13,17). The zero-order valence-corrected chi connectivity index (χ0v) is 9.77. The number of carbonyl (C=O) groups is 1. The first kappa shape index (κ1) is 12.0. The van der Waals surface area contributed by atoms with Crippen molar-refractivity contribution in [3.05, 3.63) is 46.0 Å². The number of aromatic amines is 1. The predicted octanol–water partition coefficient (Wildman–Crippen LogP) is 0.0388. The molecule has 0 unspecified atom stereocenters. The van der Waals surface area contributed by atoms with Crippen LogP contribution in [0.1, 0.15) is 22.1 Å². The molecule has 0 aliphatic heterocycles. The zero-order chi connectivity index (χ0) is 13.0. The Hall–Kier alpha value is -2.44. The van der Waals surface area contributed by atoms with Crippen molar-refractivity contribution in [2.75, 3.05) is 6.54 Å². The summed E-state index contributed by atoms with van der Waals surface area (Å²) < 4.78 is 4.80. The number of nitrogens with zero attached hydrogens (tertiary/aromatic N) is 2. The van der Waals surface area contributed by atoms with Gasteiger partial charge in [-0.25, -0.2) is 0 Å². The van der Waals surface area contributed by atoms with E-state index in [0.29, 0.717) is 24.7 Å². The SMILES string of the molecule is Cc1nc(CCNC(=O)c2c[nH]ccc2=O)no1. The molecular weight excluding hydrogens is 236 g/mol. The van der Waals surface area contributed by atoms with Gasteiger partial charge < -0.3 is 14.8 Å². The molecule has 0 saturated carbocycles. The third-order valence-corrected chi connectivity index (χ3v) is 2.27. The molecule has 1 amide bonds. The highest BCUT2D eigenvalue weighted by Gasteiger charge is 2.09. The third-order valence-electron chi connectivity index (χ3n) is 2.27. The summed E-state index contributed by atoms with van der Waals surface area (Å²) in [5.41, 5.74) is -0.233. The second-order valence-corrected chi connectivity index (χ2v) is 3.66. The van der Waals surface area contributed by atoms with E-state index in [1.54, 1.807) is 6.92 Å². The van der Waals surface area contributed by atoms with Crippen LogP contribution in [0.3, 0.4) is 0 Å². The number of hydrogen-bond acceptors (Lipinski definition) is 5. The van der Waals surface area contributed by atoms with Crippen LogP contribution in [0.15, 0.2) is 27.8 Å². The van der Waals surface area contributed by atoms with E-state index in [0.717, 1.165) is 0 Å². The lowest BCUT2D eigenvalue weighted by Gasteiger charge is -2.02. The van der Waals surface area contributed by atoms with Crippen molar-refractivity contribution in [2.24, 2.45) is 0 Å². The topological polar surface area (TPSA) is 101 Å².